The molecule has 2 amide bonds. The van der Waals surface area contributed by atoms with Crippen molar-refractivity contribution >= 4 is 40.1 Å². The van der Waals surface area contributed by atoms with Crippen molar-refractivity contribution < 1.29 is 14.0 Å². The van der Waals surface area contributed by atoms with E-state index in [1.54, 1.807) is 30.3 Å². The highest BCUT2D eigenvalue weighted by Gasteiger charge is 2.17. The van der Waals surface area contributed by atoms with Crippen molar-refractivity contribution in [2.75, 3.05) is 31.5 Å². The van der Waals surface area contributed by atoms with Crippen molar-refractivity contribution in [3.8, 4) is 0 Å². The first-order valence-corrected chi connectivity index (χ1v) is 12.5. The molecule has 0 atom stereocenters. The Morgan fingerprint density at radius 1 is 0.912 bits per heavy atom. The van der Waals surface area contributed by atoms with E-state index in [-0.39, 0.29) is 11.7 Å². The normalized spacial score (nSPS) is 11.2. The van der Waals surface area contributed by atoms with E-state index in [4.69, 9.17) is 16.0 Å². The fourth-order valence-electron chi connectivity index (χ4n) is 3.79. The molecule has 3 rings (SSSR count). The number of carbonyl (C=O) groups is 2. The average Bonchev–Trinajstić information content (AvgIpc) is 3.28. The van der Waals surface area contributed by atoms with E-state index in [1.165, 1.54) is 25.7 Å². The third kappa shape index (κ3) is 7.34. The number of nitrogens with zero attached hydrogens (tertiary/aromatic N) is 1. The fourth-order valence-corrected chi connectivity index (χ4v) is 3.96. The zero-order chi connectivity index (χ0) is 24.3. The van der Waals surface area contributed by atoms with Crippen LogP contribution < -0.4 is 10.6 Å². The van der Waals surface area contributed by atoms with Gasteiger partial charge in [-0.15, -0.1) is 0 Å². The van der Waals surface area contributed by atoms with Crippen LogP contribution in [0, 0.1) is 0 Å². The van der Waals surface area contributed by atoms with E-state index >= 15 is 0 Å². The number of halogens is 1. The van der Waals surface area contributed by atoms with Gasteiger partial charge in [-0.05, 0) is 69.2 Å². The van der Waals surface area contributed by atoms with Crippen LogP contribution in [0.3, 0.4) is 0 Å². The van der Waals surface area contributed by atoms with Crippen LogP contribution in [0.15, 0.2) is 52.9 Å². The van der Waals surface area contributed by atoms with Crippen molar-refractivity contribution in [2.24, 2.45) is 0 Å². The van der Waals surface area contributed by atoms with E-state index in [2.05, 4.69) is 29.4 Å². The number of furan rings is 1. The Balaban J connectivity index is 1.60. The van der Waals surface area contributed by atoms with Crippen molar-refractivity contribution in [3.05, 3.63) is 64.9 Å². The van der Waals surface area contributed by atoms with Gasteiger partial charge in [0.15, 0.2) is 5.76 Å². The van der Waals surface area contributed by atoms with E-state index in [9.17, 15) is 9.59 Å². The first-order chi connectivity index (χ1) is 16.5. The van der Waals surface area contributed by atoms with Gasteiger partial charge >= 0.3 is 0 Å². The Morgan fingerprint density at radius 2 is 1.62 bits per heavy atom. The summed E-state index contributed by atoms with van der Waals surface area (Å²) in [5, 5.41) is 7.03. The third-order valence-electron chi connectivity index (χ3n) is 5.72. The van der Waals surface area contributed by atoms with Crippen LogP contribution in [0.25, 0.3) is 11.0 Å². The standard InChI is InChI=1S/C27H34ClN3O3/c1-3-5-15-31(16-6-4-2)17-9-14-29-26(32)22-19-21(28)12-13-23(22)30-27(33)25-18-20-10-7-8-11-24(20)34-25/h7-8,10-13,18-19H,3-6,9,14-17H2,1-2H3,(H,29,32)(H,30,33). The van der Waals surface area contributed by atoms with E-state index in [0.29, 0.717) is 28.4 Å². The van der Waals surface area contributed by atoms with E-state index in [0.717, 1.165) is 31.4 Å². The highest BCUT2D eigenvalue weighted by molar-refractivity contribution is 6.31. The van der Waals surface area contributed by atoms with Gasteiger partial charge in [-0.1, -0.05) is 56.5 Å². The lowest BCUT2D eigenvalue weighted by Gasteiger charge is -2.22. The van der Waals surface area contributed by atoms with Gasteiger partial charge in [0, 0.05) is 17.0 Å². The monoisotopic (exact) mass is 483 g/mol. The van der Waals surface area contributed by atoms with Gasteiger partial charge in [-0.25, -0.2) is 0 Å². The SMILES string of the molecule is CCCCN(CCCC)CCCNC(=O)c1cc(Cl)ccc1NC(=O)c1cc2ccccc2o1. The number of hydrogen-bond donors (Lipinski definition) is 2. The van der Waals surface area contributed by atoms with Gasteiger partial charge in [0.05, 0.1) is 11.3 Å². The number of fused-ring (bicyclic) bond motifs is 1. The maximum absolute atomic E-state index is 12.9. The lowest BCUT2D eigenvalue weighted by molar-refractivity contribution is 0.0952. The number of nitrogens with one attached hydrogen (secondary N) is 2. The van der Waals surface area contributed by atoms with Gasteiger partial charge in [-0.2, -0.15) is 0 Å². The van der Waals surface area contributed by atoms with Crippen LogP contribution in [0.4, 0.5) is 5.69 Å². The second-order valence-electron chi connectivity index (χ2n) is 8.45. The molecule has 1 aromatic heterocycles. The minimum atomic E-state index is -0.421. The summed E-state index contributed by atoms with van der Waals surface area (Å²) in [5.41, 5.74) is 1.35. The number of unbranched alkanes of at least 4 members (excludes halogenated alkanes) is 2. The largest absolute Gasteiger partial charge is 0.451 e. The minimum absolute atomic E-state index is 0.182. The Morgan fingerprint density at radius 3 is 2.32 bits per heavy atom. The predicted octanol–water partition coefficient (Wildman–Crippen LogP) is 6.36. The molecule has 6 nitrogen and oxygen atoms in total. The fraction of sp³-hybridized carbons (Fsp3) is 0.407. The number of carbonyl (C=O) groups excluding carboxylic acids is 2. The van der Waals surface area contributed by atoms with Gasteiger partial charge in [0.25, 0.3) is 11.8 Å². The Labute approximate surface area is 206 Å². The third-order valence-corrected chi connectivity index (χ3v) is 5.95. The second-order valence-corrected chi connectivity index (χ2v) is 8.89. The van der Waals surface area contributed by atoms with Crippen LogP contribution in [-0.2, 0) is 0 Å². The number of rotatable bonds is 13. The highest BCUT2D eigenvalue weighted by atomic mass is 35.5. The molecular weight excluding hydrogens is 450 g/mol. The highest BCUT2D eigenvalue weighted by Crippen LogP contribution is 2.23. The number of hydrogen-bond acceptors (Lipinski definition) is 4. The molecule has 2 N–H and O–H groups in total. The molecule has 2 aromatic carbocycles. The number of anilines is 1. The molecule has 3 aromatic rings. The predicted molar refractivity (Wildman–Crippen MR) is 139 cm³/mol. The summed E-state index contributed by atoms with van der Waals surface area (Å²) in [7, 11) is 0. The molecule has 0 fully saturated rings. The molecule has 0 unspecified atom stereocenters. The second kappa shape index (κ2) is 13.2. The molecule has 0 aliphatic carbocycles. The summed E-state index contributed by atoms with van der Waals surface area (Å²) in [6.07, 6.45) is 5.59. The van der Waals surface area contributed by atoms with Crippen molar-refractivity contribution in [1.82, 2.24) is 10.2 Å². The molecule has 0 bridgehead atoms. The Bertz CT molecular complexity index is 1050. The molecular formula is C27H34ClN3O3. The van der Waals surface area contributed by atoms with Crippen LogP contribution in [-0.4, -0.2) is 42.9 Å². The molecule has 0 aliphatic rings. The minimum Gasteiger partial charge on any atom is -0.451 e. The molecule has 0 aliphatic heterocycles. The number of benzene rings is 2. The van der Waals surface area contributed by atoms with Crippen LogP contribution in [0.1, 0.15) is 66.9 Å². The maximum atomic E-state index is 12.9. The Hall–Kier alpha value is -2.83. The first-order valence-electron chi connectivity index (χ1n) is 12.1. The number of amides is 2. The molecule has 0 spiro atoms. The Kier molecular flexibility index (Phi) is 9.98. The van der Waals surface area contributed by atoms with Gasteiger partial charge in [-0.3, -0.25) is 9.59 Å². The van der Waals surface area contributed by atoms with Gasteiger partial charge in [0.1, 0.15) is 5.58 Å². The molecule has 0 saturated carbocycles. The van der Waals surface area contributed by atoms with Crippen molar-refractivity contribution in [3.63, 3.8) is 0 Å². The van der Waals surface area contributed by atoms with Crippen molar-refractivity contribution in [2.45, 2.75) is 46.0 Å². The lowest BCUT2D eigenvalue weighted by atomic mass is 10.1. The molecule has 7 heteroatoms. The molecule has 34 heavy (non-hydrogen) atoms. The molecule has 0 radical (unpaired) electrons. The summed E-state index contributed by atoms with van der Waals surface area (Å²) in [5.74, 6) is -0.507. The first kappa shape index (κ1) is 25.8. The van der Waals surface area contributed by atoms with Crippen molar-refractivity contribution in [1.29, 1.82) is 0 Å². The molecule has 1 heterocycles. The zero-order valence-electron chi connectivity index (χ0n) is 20.0. The van der Waals surface area contributed by atoms with E-state index in [1.807, 2.05) is 18.2 Å². The quantitative estimate of drug-likeness (QED) is 0.277. The van der Waals surface area contributed by atoms with Crippen LogP contribution in [0.2, 0.25) is 5.02 Å². The van der Waals surface area contributed by atoms with E-state index < -0.39 is 5.91 Å². The average molecular weight is 484 g/mol. The maximum Gasteiger partial charge on any atom is 0.291 e. The number of para-hydroxylation sites is 1. The lowest BCUT2D eigenvalue weighted by Crippen LogP contribution is -2.31. The molecule has 182 valence electrons. The topological polar surface area (TPSA) is 74.6 Å². The summed E-state index contributed by atoms with van der Waals surface area (Å²) in [6, 6.07) is 13.9. The summed E-state index contributed by atoms with van der Waals surface area (Å²) in [4.78, 5) is 28.2. The zero-order valence-corrected chi connectivity index (χ0v) is 20.8. The summed E-state index contributed by atoms with van der Waals surface area (Å²) in [6.45, 7) is 8.09. The van der Waals surface area contributed by atoms with Gasteiger partial charge < -0.3 is 20.0 Å². The van der Waals surface area contributed by atoms with Crippen LogP contribution in [0.5, 0.6) is 0 Å². The molecule has 0 saturated heterocycles. The van der Waals surface area contributed by atoms with Gasteiger partial charge in [0.2, 0.25) is 0 Å². The smallest absolute Gasteiger partial charge is 0.291 e. The summed E-state index contributed by atoms with van der Waals surface area (Å²) < 4.78 is 5.64. The summed E-state index contributed by atoms with van der Waals surface area (Å²) >= 11 is 6.15. The van der Waals surface area contributed by atoms with Crippen LogP contribution >= 0.6 is 11.6 Å².